The van der Waals surface area contributed by atoms with E-state index in [1.165, 1.54) is 4.88 Å². The van der Waals surface area contributed by atoms with Crippen molar-refractivity contribution in [3.63, 3.8) is 0 Å². The molecule has 6 heteroatoms. The van der Waals surface area contributed by atoms with Crippen LogP contribution in [0.15, 0.2) is 12.1 Å². The third kappa shape index (κ3) is 6.98. The quantitative estimate of drug-likeness (QED) is 0.733. The molecule has 0 fully saturated rings. The van der Waals surface area contributed by atoms with Gasteiger partial charge in [0, 0.05) is 16.3 Å². The van der Waals surface area contributed by atoms with Crippen LogP contribution in [0.1, 0.15) is 29.5 Å². The number of hydrogen-bond acceptors (Lipinski definition) is 3. The molecule has 1 N–H and O–H groups in total. The summed E-state index contributed by atoms with van der Waals surface area (Å²) in [6.45, 7) is 3.86. The van der Waals surface area contributed by atoms with E-state index in [-0.39, 0.29) is 13.2 Å². The zero-order valence-electron chi connectivity index (χ0n) is 10.3. The second-order valence-electron chi connectivity index (χ2n) is 3.96. The molecule has 0 aliphatic carbocycles. The molecule has 1 rings (SSSR count). The summed E-state index contributed by atoms with van der Waals surface area (Å²) in [6.07, 6.45) is -3.94. The van der Waals surface area contributed by atoms with Gasteiger partial charge in [-0.3, -0.25) is 0 Å². The zero-order chi connectivity index (χ0) is 13.4. The average molecular weight is 281 g/mol. The molecule has 1 aromatic heterocycles. The van der Waals surface area contributed by atoms with Gasteiger partial charge in [-0.25, -0.2) is 0 Å². The first kappa shape index (κ1) is 15.5. The first-order chi connectivity index (χ1) is 8.51. The molecule has 0 aliphatic rings. The number of nitrogens with one attached hydrogen (secondary N) is 1. The molecule has 0 unspecified atom stereocenters. The summed E-state index contributed by atoms with van der Waals surface area (Å²) in [6, 6.07) is 3.89. The summed E-state index contributed by atoms with van der Waals surface area (Å²) >= 11 is 1.57. The monoisotopic (exact) mass is 281 g/mol. The lowest BCUT2D eigenvalue weighted by Gasteiger charge is -2.06. The van der Waals surface area contributed by atoms with E-state index in [0.717, 1.165) is 24.4 Å². The molecule has 0 radical (unpaired) electrons. The van der Waals surface area contributed by atoms with Gasteiger partial charge in [0.1, 0.15) is 0 Å². The van der Waals surface area contributed by atoms with E-state index in [1.54, 1.807) is 11.3 Å². The van der Waals surface area contributed by atoms with E-state index in [1.807, 2.05) is 12.1 Å². The summed E-state index contributed by atoms with van der Waals surface area (Å²) in [5, 5.41) is 3.27. The highest BCUT2D eigenvalue weighted by atomic mass is 32.1. The van der Waals surface area contributed by atoms with Crippen LogP contribution in [0.3, 0.4) is 0 Å². The average Bonchev–Trinajstić information content (AvgIpc) is 2.72. The number of rotatable bonds is 8. The minimum Gasteiger partial charge on any atom is -0.376 e. The molecule has 0 saturated carbocycles. The Morgan fingerprint density at radius 3 is 2.67 bits per heavy atom. The van der Waals surface area contributed by atoms with Gasteiger partial charge in [0.25, 0.3) is 0 Å². The largest absolute Gasteiger partial charge is 0.391 e. The normalized spacial score (nSPS) is 12.0. The van der Waals surface area contributed by atoms with Gasteiger partial charge >= 0.3 is 6.18 Å². The van der Waals surface area contributed by atoms with Gasteiger partial charge in [-0.15, -0.1) is 11.3 Å². The second-order valence-corrected chi connectivity index (χ2v) is 5.22. The zero-order valence-corrected chi connectivity index (χ0v) is 11.2. The topological polar surface area (TPSA) is 21.3 Å². The van der Waals surface area contributed by atoms with Gasteiger partial charge in [-0.05, 0) is 25.1 Å². The molecule has 1 heterocycles. The van der Waals surface area contributed by atoms with Crippen molar-refractivity contribution < 1.29 is 17.9 Å². The van der Waals surface area contributed by atoms with Gasteiger partial charge < -0.3 is 10.1 Å². The van der Waals surface area contributed by atoms with E-state index >= 15 is 0 Å². The van der Waals surface area contributed by atoms with Gasteiger partial charge in [0.05, 0.1) is 19.6 Å². The first-order valence-corrected chi connectivity index (χ1v) is 6.75. The van der Waals surface area contributed by atoms with Gasteiger partial charge in [0.15, 0.2) is 0 Å². The lowest BCUT2D eigenvalue weighted by molar-refractivity contribution is -0.145. The standard InChI is InChI=1S/C12H18F3NOS/c1-2-6-16-8-10-3-4-11(18-10)9-17-7-5-12(13,14)15/h3-4,16H,2,5-9H2,1H3. The maximum atomic E-state index is 11.9. The molecule has 0 aliphatic heterocycles. The molecule has 0 amide bonds. The van der Waals surface area contributed by atoms with E-state index in [4.69, 9.17) is 4.74 Å². The van der Waals surface area contributed by atoms with E-state index in [2.05, 4.69) is 12.2 Å². The van der Waals surface area contributed by atoms with Crippen molar-refractivity contribution in [2.24, 2.45) is 0 Å². The number of ether oxygens (including phenoxy) is 1. The molecule has 0 atom stereocenters. The van der Waals surface area contributed by atoms with Crippen molar-refractivity contribution in [2.45, 2.75) is 39.1 Å². The smallest absolute Gasteiger partial charge is 0.376 e. The highest BCUT2D eigenvalue weighted by Gasteiger charge is 2.26. The summed E-state index contributed by atoms with van der Waals surface area (Å²) in [5.74, 6) is 0. The summed E-state index contributed by atoms with van der Waals surface area (Å²) in [5.41, 5.74) is 0. The highest BCUT2D eigenvalue weighted by molar-refractivity contribution is 7.11. The van der Waals surface area contributed by atoms with Crippen LogP contribution in [0.4, 0.5) is 13.2 Å². The van der Waals surface area contributed by atoms with E-state index in [9.17, 15) is 13.2 Å². The fourth-order valence-corrected chi connectivity index (χ4v) is 2.27. The lowest BCUT2D eigenvalue weighted by atomic mass is 10.4. The van der Waals surface area contributed by atoms with Crippen LogP contribution in [0.25, 0.3) is 0 Å². The number of halogens is 3. The van der Waals surface area contributed by atoms with Gasteiger partial charge in [0.2, 0.25) is 0 Å². The van der Waals surface area contributed by atoms with Crippen molar-refractivity contribution in [1.29, 1.82) is 0 Å². The minimum absolute atomic E-state index is 0.258. The fraction of sp³-hybridized carbons (Fsp3) is 0.667. The maximum Gasteiger partial charge on any atom is 0.391 e. The van der Waals surface area contributed by atoms with Crippen LogP contribution < -0.4 is 5.32 Å². The number of hydrogen-bond donors (Lipinski definition) is 1. The summed E-state index contributed by atoms with van der Waals surface area (Å²) < 4.78 is 40.6. The van der Waals surface area contributed by atoms with Crippen molar-refractivity contribution in [2.75, 3.05) is 13.2 Å². The molecular weight excluding hydrogens is 263 g/mol. The molecule has 2 nitrogen and oxygen atoms in total. The number of thiophene rings is 1. The third-order valence-electron chi connectivity index (χ3n) is 2.22. The molecule has 0 aromatic carbocycles. The predicted molar refractivity (Wildman–Crippen MR) is 66.6 cm³/mol. The Hall–Kier alpha value is -0.590. The van der Waals surface area contributed by atoms with Crippen LogP contribution in [-0.2, 0) is 17.9 Å². The Labute approximate surface area is 109 Å². The molecule has 0 saturated heterocycles. The number of alkyl halides is 3. The van der Waals surface area contributed by atoms with Crippen LogP contribution in [0.5, 0.6) is 0 Å². The Balaban J connectivity index is 2.19. The van der Waals surface area contributed by atoms with Crippen molar-refractivity contribution in [3.05, 3.63) is 21.9 Å². The SMILES string of the molecule is CCCNCc1ccc(COCCC(F)(F)F)s1. The Kier molecular flexibility index (Phi) is 6.67. The van der Waals surface area contributed by atoms with E-state index in [0.29, 0.717) is 0 Å². The van der Waals surface area contributed by atoms with Crippen molar-refractivity contribution >= 4 is 11.3 Å². The van der Waals surface area contributed by atoms with Crippen molar-refractivity contribution in [1.82, 2.24) is 5.32 Å². The van der Waals surface area contributed by atoms with Crippen LogP contribution in [0.2, 0.25) is 0 Å². The fourth-order valence-electron chi connectivity index (χ4n) is 1.34. The van der Waals surface area contributed by atoms with E-state index < -0.39 is 12.6 Å². The molecular formula is C12H18F3NOS. The third-order valence-corrected chi connectivity index (χ3v) is 3.28. The maximum absolute atomic E-state index is 11.9. The molecule has 1 aromatic rings. The van der Waals surface area contributed by atoms with Gasteiger partial charge in [-0.1, -0.05) is 6.92 Å². The summed E-state index contributed by atoms with van der Waals surface area (Å²) in [4.78, 5) is 2.14. The van der Waals surface area contributed by atoms with Gasteiger partial charge in [-0.2, -0.15) is 13.2 Å². The highest BCUT2D eigenvalue weighted by Crippen LogP contribution is 2.21. The molecule has 0 bridgehead atoms. The van der Waals surface area contributed by atoms with Crippen LogP contribution >= 0.6 is 11.3 Å². The molecule has 104 valence electrons. The predicted octanol–water partition coefficient (Wildman–Crippen LogP) is 3.72. The Morgan fingerprint density at radius 2 is 2.00 bits per heavy atom. The summed E-state index contributed by atoms with van der Waals surface area (Å²) in [7, 11) is 0. The first-order valence-electron chi connectivity index (χ1n) is 5.94. The minimum atomic E-state index is -4.13. The van der Waals surface area contributed by atoms with Crippen molar-refractivity contribution in [3.8, 4) is 0 Å². The molecule has 0 spiro atoms. The molecule has 18 heavy (non-hydrogen) atoms. The Morgan fingerprint density at radius 1 is 1.28 bits per heavy atom. The van der Waals surface area contributed by atoms with Crippen LogP contribution in [-0.4, -0.2) is 19.3 Å². The Bertz CT molecular complexity index is 338. The lowest BCUT2D eigenvalue weighted by Crippen LogP contribution is -2.12. The second kappa shape index (κ2) is 7.76. The van der Waals surface area contributed by atoms with Crippen LogP contribution in [0, 0.1) is 0 Å².